The second kappa shape index (κ2) is 9.37. The van der Waals surface area contributed by atoms with Crippen molar-refractivity contribution in [1.82, 2.24) is 5.32 Å². The van der Waals surface area contributed by atoms with Gasteiger partial charge in [-0.25, -0.2) is 4.79 Å². The van der Waals surface area contributed by atoms with Gasteiger partial charge in [0.05, 0.1) is 0 Å². The quantitative estimate of drug-likeness (QED) is 0.712. The number of amides is 2. The standard InChI is InChI=1S/C16H26N2O2/c1-4-11-20-12-7-10-17-16(19)18-15-9-6-5-8-14(15)13(2)3/h5-6,8-9,13H,4,7,10-12H2,1-3H3,(H2,17,18,19). The van der Waals surface area contributed by atoms with Crippen molar-refractivity contribution in [2.75, 3.05) is 25.1 Å². The predicted molar refractivity (Wildman–Crippen MR) is 83.3 cm³/mol. The van der Waals surface area contributed by atoms with E-state index in [9.17, 15) is 4.79 Å². The molecule has 20 heavy (non-hydrogen) atoms. The summed E-state index contributed by atoms with van der Waals surface area (Å²) in [5.74, 6) is 0.383. The van der Waals surface area contributed by atoms with Crippen molar-refractivity contribution in [2.45, 2.75) is 39.5 Å². The molecular formula is C16H26N2O2. The molecule has 2 amide bonds. The maximum absolute atomic E-state index is 11.8. The maximum atomic E-state index is 11.8. The highest BCUT2D eigenvalue weighted by Gasteiger charge is 2.08. The minimum atomic E-state index is -0.159. The van der Waals surface area contributed by atoms with Crippen LogP contribution in [0.2, 0.25) is 0 Å². The summed E-state index contributed by atoms with van der Waals surface area (Å²) in [5.41, 5.74) is 2.02. The first-order valence-electron chi connectivity index (χ1n) is 7.36. The molecule has 0 aliphatic carbocycles. The van der Waals surface area contributed by atoms with Crippen LogP contribution < -0.4 is 10.6 Å². The zero-order valence-electron chi connectivity index (χ0n) is 12.7. The van der Waals surface area contributed by atoms with Gasteiger partial charge in [0.15, 0.2) is 0 Å². The topological polar surface area (TPSA) is 50.4 Å². The van der Waals surface area contributed by atoms with Crippen LogP contribution in [0, 0.1) is 0 Å². The third-order valence-corrected chi connectivity index (χ3v) is 2.93. The van der Waals surface area contributed by atoms with E-state index in [2.05, 4.69) is 31.4 Å². The summed E-state index contributed by atoms with van der Waals surface area (Å²) in [5, 5.41) is 5.75. The molecule has 0 aliphatic heterocycles. The molecule has 1 aromatic rings. The number of urea groups is 1. The summed E-state index contributed by atoms with van der Waals surface area (Å²) in [6.07, 6.45) is 1.86. The van der Waals surface area contributed by atoms with Gasteiger partial charge in [0.1, 0.15) is 0 Å². The molecule has 0 spiro atoms. The van der Waals surface area contributed by atoms with Gasteiger partial charge in [-0.2, -0.15) is 0 Å². The normalized spacial score (nSPS) is 10.6. The average Bonchev–Trinajstić information content (AvgIpc) is 2.43. The molecule has 112 valence electrons. The highest BCUT2D eigenvalue weighted by atomic mass is 16.5. The van der Waals surface area contributed by atoms with Crippen LogP contribution in [0.15, 0.2) is 24.3 Å². The Kier molecular flexibility index (Phi) is 7.73. The van der Waals surface area contributed by atoms with Gasteiger partial charge in [-0.1, -0.05) is 39.0 Å². The summed E-state index contributed by atoms with van der Waals surface area (Å²) in [4.78, 5) is 11.8. The van der Waals surface area contributed by atoms with E-state index in [1.54, 1.807) is 0 Å². The third kappa shape index (κ3) is 6.06. The molecule has 0 saturated heterocycles. The van der Waals surface area contributed by atoms with Crippen molar-refractivity contribution >= 4 is 11.7 Å². The van der Waals surface area contributed by atoms with Crippen molar-refractivity contribution in [2.24, 2.45) is 0 Å². The Morgan fingerprint density at radius 1 is 1.25 bits per heavy atom. The minimum absolute atomic E-state index is 0.159. The van der Waals surface area contributed by atoms with E-state index in [1.807, 2.05) is 24.3 Å². The van der Waals surface area contributed by atoms with Crippen molar-refractivity contribution in [3.63, 3.8) is 0 Å². The minimum Gasteiger partial charge on any atom is -0.381 e. The van der Waals surface area contributed by atoms with E-state index < -0.39 is 0 Å². The second-order valence-electron chi connectivity index (χ2n) is 5.09. The van der Waals surface area contributed by atoms with Crippen LogP contribution >= 0.6 is 0 Å². The van der Waals surface area contributed by atoms with Gasteiger partial charge in [-0.05, 0) is 30.4 Å². The van der Waals surface area contributed by atoms with Crippen molar-refractivity contribution < 1.29 is 9.53 Å². The van der Waals surface area contributed by atoms with E-state index in [0.29, 0.717) is 19.1 Å². The van der Waals surface area contributed by atoms with Crippen molar-refractivity contribution in [3.8, 4) is 0 Å². The summed E-state index contributed by atoms with van der Waals surface area (Å²) in [6, 6.07) is 7.73. The van der Waals surface area contributed by atoms with Crippen LogP contribution in [0.25, 0.3) is 0 Å². The van der Waals surface area contributed by atoms with Crippen LogP contribution in [0.5, 0.6) is 0 Å². The molecule has 4 heteroatoms. The monoisotopic (exact) mass is 278 g/mol. The number of nitrogens with one attached hydrogen (secondary N) is 2. The Morgan fingerprint density at radius 2 is 2.00 bits per heavy atom. The van der Waals surface area contributed by atoms with Crippen molar-refractivity contribution in [3.05, 3.63) is 29.8 Å². The first-order chi connectivity index (χ1) is 9.65. The molecule has 0 unspecified atom stereocenters. The number of hydrogen-bond donors (Lipinski definition) is 2. The molecule has 0 heterocycles. The van der Waals surface area contributed by atoms with Crippen LogP contribution in [0.4, 0.5) is 10.5 Å². The summed E-state index contributed by atoms with van der Waals surface area (Å²) in [6.45, 7) is 8.41. The maximum Gasteiger partial charge on any atom is 0.319 e. The zero-order chi connectivity index (χ0) is 14.8. The van der Waals surface area contributed by atoms with E-state index in [-0.39, 0.29) is 6.03 Å². The molecule has 0 bridgehead atoms. The van der Waals surface area contributed by atoms with Gasteiger partial charge in [-0.15, -0.1) is 0 Å². The fraction of sp³-hybridized carbons (Fsp3) is 0.562. The largest absolute Gasteiger partial charge is 0.381 e. The van der Waals surface area contributed by atoms with E-state index in [1.165, 1.54) is 0 Å². The van der Waals surface area contributed by atoms with Gasteiger partial charge in [0.2, 0.25) is 0 Å². The molecule has 0 fully saturated rings. The van der Waals surface area contributed by atoms with Crippen LogP contribution in [0.1, 0.15) is 45.1 Å². The number of hydrogen-bond acceptors (Lipinski definition) is 2. The molecule has 4 nitrogen and oxygen atoms in total. The zero-order valence-corrected chi connectivity index (χ0v) is 12.7. The van der Waals surface area contributed by atoms with Crippen LogP contribution in [-0.4, -0.2) is 25.8 Å². The molecule has 0 atom stereocenters. The molecule has 0 radical (unpaired) electrons. The van der Waals surface area contributed by atoms with Gasteiger partial charge in [0.25, 0.3) is 0 Å². The first kappa shape index (κ1) is 16.5. The Morgan fingerprint density at radius 3 is 2.70 bits per heavy atom. The molecule has 2 N–H and O–H groups in total. The van der Waals surface area contributed by atoms with Gasteiger partial charge < -0.3 is 15.4 Å². The highest BCUT2D eigenvalue weighted by Crippen LogP contribution is 2.23. The SMILES string of the molecule is CCCOCCCNC(=O)Nc1ccccc1C(C)C. The lowest BCUT2D eigenvalue weighted by molar-refractivity contribution is 0.132. The number of rotatable bonds is 8. The molecule has 1 aromatic carbocycles. The Balaban J connectivity index is 2.32. The lowest BCUT2D eigenvalue weighted by Crippen LogP contribution is -2.30. The molecular weight excluding hydrogens is 252 g/mol. The van der Waals surface area contributed by atoms with Crippen LogP contribution in [-0.2, 0) is 4.74 Å². The van der Waals surface area contributed by atoms with Crippen LogP contribution in [0.3, 0.4) is 0 Å². The third-order valence-electron chi connectivity index (χ3n) is 2.93. The molecule has 0 saturated carbocycles. The first-order valence-corrected chi connectivity index (χ1v) is 7.36. The fourth-order valence-corrected chi connectivity index (χ4v) is 1.90. The summed E-state index contributed by atoms with van der Waals surface area (Å²) >= 11 is 0. The molecule has 0 aromatic heterocycles. The Labute approximate surface area is 121 Å². The number of ether oxygens (including phenoxy) is 1. The average molecular weight is 278 g/mol. The fourth-order valence-electron chi connectivity index (χ4n) is 1.90. The van der Waals surface area contributed by atoms with Gasteiger partial charge in [-0.3, -0.25) is 0 Å². The number of carbonyl (C=O) groups excluding carboxylic acids is 1. The predicted octanol–water partition coefficient (Wildman–Crippen LogP) is 3.75. The number of carbonyl (C=O) groups is 1. The lowest BCUT2D eigenvalue weighted by Gasteiger charge is -2.14. The second-order valence-corrected chi connectivity index (χ2v) is 5.09. The number of anilines is 1. The van der Waals surface area contributed by atoms with Gasteiger partial charge in [0, 0.05) is 25.4 Å². The van der Waals surface area contributed by atoms with E-state index in [0.717, 1.165) is 30.7 Å². The number of benzene rings is 1. The highest BCUT2D eigenvalue weighted by molar-refractivity contribution is 5.90. The smallest absolute Gasteiger partial charge is 0.319 e. The van der Waals surface area contributed by atoms with E-state index in [4.69, 9.17) is 4.74 Å². The summed E-state index contributed by atoms with van der Waals surface area (Å²) in [7, 11) is 0. The lowest BCUT2D eigenvalue weighted by atomic mass is 10.0. The summed E-state index contributed by atoms with van der Waals surface area (Å²) < 4.78 is 5.36. The van der Waals surface area contributed by atoms with Crippen molar-refractivity contribution in [1.29, 1.82) is 0 Å². The van der Waals surface area contributed by atoms with E-state index >= 15 is 0 Å². The Bertz CT molecular complexity index is 405. The molecule has 1 rings (SSSR count). The van der Waals surface area contributed by atoms with Gasteiger partial charge >= 0.3 is 6.03 Å². The Hall–Kier alpha value is -1.55. The number of para-hydroxylation sites is 1. The molecule has 0 aliphatic rings.